The highest BCUT2D eigenvalue weighted by atomic mass is 15.1. The van der Waals surface area contributed by atoms with Crippen molar-refractivity contribution in [3.8, 4) is 11.4 Å². The maximum Gasteiger partial charge on any atom is 0.163 e. The zero-order chi connectivity index (χ0) is 15.1. The highest BCUT2D eigenvalue weighted by molar-refractivity contribution is 5.59. The second kappa shape index (κ2) is 5.34. The second-order valence-electron chi connectivity index (χ2n) is 6.69. The smallest absolute Gasteiger partial charge is 0.163 e. The van der Waals surface area contributed by atoms with Gasteiger partial charge in [0, 0.05) is 35.3 Å². The van der Waals surface area contributed by atoms with Gasteiger partial charge in [0.2, 0.25) is 0 Å². The summed E-state index contributed by atoms with van der Waals surface area (Å²) in [7, 11) is 0. The molecule has 4 heteroatoms. The molecule has 2 aliphatic carbocycles. The summed E-state index contributed by atoms with van der Waals surface area (Å²) in [6.45, 7) is 4.17. The summed E-state index contributed by atoms with van der Waals surface area (Å²) in [5, 5.41) is 3.75. The van der Waals surface area contributed by atoms with Gasteiger partial charge < -0.3 is 5.32 Å². The van der Waals surface area contributed by atoms with Crippen LogP contribution in [0.5, 0.6) is 0 Å². The number of rotatable bonds is 5. The molecule has 2 heterocycles. The van der Waals surface area contributed by atoms with Crippen LogP contribution < -0.4 is 5.32 Å². The summed E-state index contributed by atoms with van der Waals surface area (Å²) in [4.78, 5) is 13.6. The molecule has 2 fully saturated rings. The highest BCUT2D eigenvalue weighted by Gasteiger charge is 2.41. The Bertz CT molecular complexity index is 663. The number of nitrogens with zero attached hydrogens (tertiary/aromatic N) is 3. The summed E-state index contributed by atoms with van der Waals surface area (Å²) in [5.74, 6) is 3.48. The molecule has 0 aromatic carbocycles. The lowest BCUT2D eigenvalue weighted by Crippen LogP contribution is -2.25. The van der Waals surface area contributed by atoms with Gasteiger partial charge in [-0.25, -0.2) is 9.97 Å². The van der Waals surface area contributed by atoms with Crippen LogP contribution in [0, 0.1) is 25.7 Å². The molecule has 2 aliphatic rings. The molecule has 4 nitrogen and oxygen atoms in total. The standard InChI is InChI=1S/C18H22N4/c1-11-12(2)20-18(15-4-3-9-19-10-15)22-17(11)21-16(13-5-6-13)14-7-8-14/h3-4,9-10,13-14,16H,5-8H2,1-2H3,(H,20,21,22). The Morgan fingerprint density at radius 1 is 1.09 bits per heavy atom. The third kappa shape index (κ3) is 2.70. The summed E-state index contributed by atoms with van der Waals surface area (Å²) in [6, 6.07) is 4.55. The van der Waals surface area contributed by atoms with E-state index in [0.717, 1.165) is 34.7 Å². The molecule has 0 bridgehead atoms. The predicted octanol–water partition coefficient (Wildman–Crippen LogP) is 3.76. The van der Waals surface area contributed by atoms with E-state index in [-0.39, 0.29) is 0 Å². The molecule has 1 N–H and O–H groups in total. The minimum absolute atomic E-state index is 0.606. The molecule has 0 radical (unpaired) electrons. The molecule has 2 saturated carbocycles. The molecular weight excluding hydrogens is 272 g/mol. The van der Waals surface area contributed by atoms with Crippen LogP contribution in [0.25, 0.3) is 11.4 Å². The summed E-state index contributed by atoms with van der Waals surface area (Å²) in [6.07, 6.45) is 9.08. The van der Waals surface area contributed by atoms with E-state index in [1.54, 1.807) is 6.20 Å². The Morgan fingerprint density at radius 3 is 2.41 bits per heavy atom. The largest absolute Gasteiger partial charge is 0.366 e. The van der Waals surface area contributed by atoms with Crippen molar-refractivity contribution in [2.45, 2.75) is 45.6 Å². The van der Waals surface area contributed by atoms with Crippen LogP contribution in [-0.2, 0) is 0 Å². The monoisotopic (exact) mass is 294 g/mol. The Kier molecular flexibility index (Phi) is 3.32. The first-order valence-corrected chi connectivity index (χ1v) is 8.24. The number of aryl methyl sites for hydroxylation is 1. The molecule has 0 amide bonds. The molecule has 0 unspecified atom stereocenters. The third-order valence-electron chi connectivity index (χ3n) is 4.87. The van der Waals surface area contributed by atoms with E-state index in [9.17, 15) is 0 Å². The van der Waals surface area contributed by atoms with Crippen molar-refractivity contribution >= 4 is 5.82 Å². The van der Waals surface area contributed by atoms with Crippen molar-refractivity contribution < 1.29 is 0 Å². The zero-order valence-corrected chi connectivity index (χ0v) is 13.2. The Hall–Kier alpha value is -1.97. The van der Waals surface area contributed by atoms with Gasteiger partial charge in [-0.2, -0.15) is 0 Å². The van der Waals surface area contributed by atoms with Gasteiger partial charge in [0.15, 0.2) is 5.82 Å². The highest BCUT2D eigenvalue weighted by Crippen LogP contribution is 2.46. The van der Waals surface area contributed by atoms with Gasteiger partial charge >= 0.3 is 0 Å². The Balaban J connectivity index is 1.67. The van der Waals surface area contributed by atoms with Gasteiger partial charge in [-0.1, -0.05) is 0 Å². The molecule has 22 heavy (non-hydrogen) atoms. The van der Waals surface area contributed by atoms with Crippen molar-refractivity contribution in [1.29, 1.82) is 0 Å². The maximum atomic E-state index is 4.80. The van der Waals surface area contributed by atoms with Crippen molar-refractivity contribution in [2.24, 2.45) is 11.8 Å². The lowest BCUT2D eigenvalue weighted by molar-refractivity contribution is 0.565. The molecule has 4 rings (SSSR count). The second-order valence-corrected chi connectivity index (χ2v) is 6.69. The van der Waals surface area contributed by atoms with Gasteiger partial charge in [0.25, 0.3) is 0 Å². The van der Waals surface area contributed by atoms with E-state index in [4.69, 9.17) is 4.98 Å². The third-order valence-corrected chi connectivity index (χ3v) is 4.87. The van der Waals surface area contributed by atoms with Crippen molar-refractivity contribution in [1.82, 2.24) is 15.0 Å². The van der Waals surface area contributed by atoms with Crippen LogP contribution in [0.1, 0.15) is 36.9 Å². The molecule has 114 valence electrons. The molecular formula is C18H22N4. The first-order valence-electron chi connectivity index (χ1n) is 8.24. The summed E-state index contributed by atoms with van der Waals surface area (Å²) < 4.78 is 0. The normalized spacial score (nSPS) is 17.8. The minimum Gasteiger partial charge on any atom is -0.366 e. The summed E-state index contributed by atoms with van der Waals surface area (Å²) >= 11 is 0. The Labute approximate surface area is 131 Å². The number of aromatic nitrogens is 3. The SMILES string of the molecule is Cc1nc(-c2cccnc2)nc(NC(C2CC2)C2CC2)c1C. The van der Waals surface area contributed by atoms with E-state index in [1.807, 2.05) is 18.3 Å². The van der Waals surface area contributed by atoms with E-state index in [0.29, 0.717) is 6.04 Å². The van der Waals surface area contributed by atoms with E-state index in [2.05, 4.69) is 29.1 Å². The molecule has 0 aliphatic heterocycles. The van der Waals surface area contributed by atoms with Gasteiger partial charge in [0.05, 0.1) is 0 Å². The van der Waals surface area contributed by atoms with Crippen molar-refractivity contribution in [3.05, 3.63) is 35.8 Å². The van der Waals surface area contributed by atoms with E-state index < -0.39 is 0 Å². The average Bonchev–Trinajstić information content (AvgIpc) is 3.42. The van der Waals surface area contributed by atoms with Crippen LogP contribution in [0.15, 0.2) is 24.5 Å². The lowest BCUT2D eigenvalue weighted by Gasteiger charge is -2.21. The quantitative estimate of drug-likeness (QED) is 0.912. The molecule has 0 saturated heterocycles. The van der Waals surface area contributed by atoms with Crippen LogP contribution in [-0.4, -0.2) is 21.0 Å². The zero-order valence-electron chi connectivity index (χ0n) is 13.2. The number of anilines is 1. The Morgan fingerprint density at radius 2 is 1.82 bits per heavy atom. The van der Waals surface area contributed by atoms with Crippen LogP contribution in [0.2, 0.25) is 0 Å². The predicted molar refractivity (Wildman–Crippen MR) is 87.6 cm³/mol. The number of hydrogen-bond acceptors (Lipinski definition) is 4. The van der Waals surface area contributed by atoms with Crippen LogP contribution in [0.4, 0.5) is 5.82 Å². The van der Waals surface area contributed by atoms with Gasteiger partial charge in [0.1, 0.15) is 5.82 Å². The number of pyridine rings is 1. The topological polar surface area (TPSA) is 50.7 Å². The molecule has 0 spiro atoms. The minimum atomic E-state index is 0.606. The number of nitrogens with one attached hydrogen (secondary N) is 1. The van der Waals surface area contributed by atoms with E-state index >= 15 is 0 Å². The lowest BCUT2D eigenvalue weighted by atomic mass is 10.1. The van der Waals surface area contributed by atoms with Gasteiger partial charge in [-0.3, -0.25) is 4.98 Å². The summed E-state index contributed by atoms with van der Waals surface area (Å²) in [5.41, 5.74) is 3.18. The van der Waals surface area contributed by atoms with Gasteiger partial charge in [-0.05, 0) is 63.5 Å². The van der Waals surface area contributed by atoms with E-state index in [1.165, 1.54) is 31.2 Å². The van der Waals surface area contributed by atoms with Crippen LogP contribution >= 0.6 is 0 Å². The molecule has 2 aromatic rings. The van der Waals surface area contributed by atoms with Crippen molar-refractivity contribution in [2.75, 3.05) is 5.32 Å². The fraction of sp³-hybridized carbons (Fsp3) is 0.500. The number of hydrogen-bond donors (Lipinski definition) is 1. The molecule has 0 atom stereocenters. The average molecular weight is 294 g/mol. The van der Waals surface area contributed by atoms with Crippen molar-refractivity contribution in [3.63, 3.8) is 0 Å². The van der Waals surface area contributed by atoms with Gasteiger partial charge in [-0.15, -0.1) is 0 Å². The first-order chi connectivity index (χ1) is 10.7. The maximum absolute atomic E-state index is 4.80. The van der Waals surface area contributed by atoms with Crippen LogP contribution in [0.3, 0.4) is 0 Å². The fourth-order valence-electron chi connectivity index (χ4n) is 3.08. The fourth-order valence-corrected chi connectivity index (χ4v) is 3.08. The first kappa shape index (κ1) is 13.7. The molecule has 2 aromatic heterocycles.